The zero-order chi connectivity index (χ0) is 22.8. The van der Waals surface area contributed by atoms with Crippen molar-refractivity contribution >= 4 is 11.6 Å². The third kappa shape index (κ3) is 4.38. The van der Waals surface area contributed by atoms with Crippen LogP contribution in [0, 0.1) is 6.92 Å². The summed E-state index contributed by atoms with van der Waals surface area (Å²) in [6.07, 6.45) is 2.91. The number of aryl methyl sites for hydroxylation is 1. The molecule has 2 aliphatic heterocycles. The highest BCUT2D eigenvalue weighted by Crippen LogP contribution is 2.35. The first kappa shape index (κ1) is 21.7. The van der Waals surface area contributed by atoms with Gasteiger partial charge in [-0.2, -0.15) is 0 Å². The summed E-state index contributed by atoms with van der Waals surface area (Å²) >= 11 is 0. The largest absolute Gasteiger partial charge is 0.495 e. The van der Waals surface area contributed by atoms with Crippen LogP contribution in [-0.4, -0.2) is 47.5 Å². The van der Waals surface area contributed by atoms with Gasteiger partial charge in [0.2, 0.25) is 5.95 Å². The summed E-state index contributed by atoms with van der Waals surface area (Å²) in [7, 11) is 1.67. The lowest BCUT2D eigenvalue weighted by Crippen LogP contribution is -2.50. The fourth-order valence-electron chi connectivity index (χ4n) is 4.76. The molecule has 5 rings (SSSR count). The van der Waals surface area contributed by atoms with Crippen molar-refractivity contribution in [1.29, 1.82) is 0 Å². The Morgan fingerprint density at radius 3 is 2.64 bits per heavy atom. The fraction of sp³-hybridized carbons (Fsp3) is 0.385. The zero-order valence-corrected chi connectivity index (χ0v) is 19.2. The first-order chi connectivity index (χ1) is 16.1. The number of hydrogen-bond donors (Lipinski definition) is 0. The molecule has 3 aromatic rings. The Bertz CT molecular complexity index is 1170. The first-order valence-electron chi connectivity index (χ1n) is 11.5. The molecule has 0 amide bonds. The molecule has 2 aromatic carbocycles. The standard InChI is InChI=1S/C26H30N4O3/c1-19-22(15-20-9-4-3-5-10-20)25(31)30-18-28(16-21-11-8-14-33-21)17-29(26(30)27-19)23-12-6-7-13-24(23)32-2/h3-7,9-10,12-13,21H,8,11,14-18H2,1-2H3/t21-/m0/s1. The van der Waals surface area contributed by atoms with Crippen LogP contribution in [0.1, 0.15) is 29.7 Å². The molecule has 2 aliphatic rings. The molecular formula is C26H30N4O3. The van der Waals surface area contributed by atoms with E-state index in [1.807, 2.05) is 61.5 Å². The highest BCUT2D eigenvalue weighted by molar-refractivity contribution is 5.66. The van der Waals surface area contributed by atoms with Crippen molar-refractivity contribution in [2.24, 2.45) is 0 Å². The van der Waals surface area contributed by atoms with Gasteiger partial charge >= 0.3 is 0 Å². The minimum atomic E-state index is 0.0123. The Labute approximate surface area is 194 Å². The second kappa shape index (κ2) is 9.37. The van der Waals surface area contributed by atoms with E-state index in [1.165, 1.54) is 0 Å². The Kier molecular flexibility index (Phi) is 6.15. The molecule has 1 aromatic heterocycles. The number of hydrogen-bond acceptors (Lipinski definition) is 6. The van der Waals surface area contributed by atoms with Crippen molar-refractivity contribution in [3.05, 3.63) is 81.8 Å². The molecule has 0 spiro atoms. The van der Waals surface area contributed by atoms with Crippen molar-refractivity contribution in [3.63, 3.8) is 0 Å². The van der Waals surface area contributed by atoms with E-state index in [0.717, 1.165) is 54.3 Å². The monoisotopic (exact) mass is 446 g/mol. The van der Waals surface area contributed by atoms with E-state index in [0.29, 0.717) is 25.7 Å². The van der Waals surface area contributed by atoms with E-state index >= 15 is 0 Å². The third-order valence-electron chi connectivity index (χ3n) is 6.46. The molecule has 0 bridgehead atoms. The van der Waals surface area contributed by atoms with Gasteiger partial charge in [0.15, 0.2) is 0 Å². The highest BCUT2D eigenvalue weighted by atomic mass is 16.5. The zero-order valence-electron chi connectivity index (χ0n) is 19.2. The number of anilines is 2. The number of rotatable bonds is 6. The summed E-state index contributed by atoms with van der Waals surface area (Å²) in [6, 6.07) is 18.0. The summed E-state index contributed by atoms with van der Waals surface area (Å²) in [5, 5.41) is 0. The van der Waals surface area contributed by atoms with Gasteiger partial charge in [-0.15, -0.1) is 0 Å². The average molecular weight is 447 g/mol. The molecule has 33 heavy (non-hydrogen) atoms. The number of aromatic nitrogens is 2. The molecule has 7 heteroatoms. The highest BCUT2D eigenvalue weighted by Gasteiger charge is 2.31. The first-order valence-corrected chi connectivity index (χ1v) is 11.5. The number of para-hydroxylation sites is 2. The van der Waals surface area contributed by atoms with Crippen LogP contribution in [-0.2, 0) is 17.8 Å². The summed E-state index contributed by atoms with van der Waals surface area (Å²) in [4.78, 5) is 23.1. The second-order valence-corrected chi connectivity index (χ2v) is 8.74. The Balaban J connectivity index is 1.58. The third-order valence-corrected chi connectivity index (χ3v) is 6.46. The molecule has 7 nitrogen and oxygen atoms in total. The normalized spacial score (nSPS) is 18.4. The molecule has 0 aliphatic carbocycles. The summed E-state index contributed by atoms with van der Waals surface area (Å²) in [5.74, 6) is 1.41. The van der Waals surface area contributed by atoms with Crippen LogP contribution in [0.2, 0.25) is 0 Å². The molecule has 0 unspecified atom stereocenters. The molecule has 3 heterocycles. The predicted molar refractivity (Wildman–Crippen MR) is 128 cm³/mol. The van der Waals surface area contributed by atoms with Crippen LogP contribution in [0.15, 0.2) is 59.4 Å². The Morgan fingerprint density at radius 2 is 1.88 bits per heavy atom. The van der Waals surface area contributed by atoms with Crippen LogP contribution in [0.25, 0.3) is 0 Å². The van der Waals surface area contributed by atoms with Gasteiger partial charge in [-0.3, -0.25) is 19.2 Å². The molecule has 1 saturated heterocycles. The minimum Gasteiger partial charge on any atom is -0.495 e. The lowest BCUT2D eigenvalue weighted by atomic mass is 10.1. The van der Waals surface area contributed by atoms with E-state index in [9.17, 15) is 4.79 Å². The summed E-state index contributed by atoms with van der Waals surface area (Å²) < 4.78 is 13.3. The fourth-order valence-corrected chi connectivity index (χ4v) is 4.76. The smallest absolute Gasteiger partial charge is 0.259 e. The molecule has 0 N–H and O–H groups in total. The van der Waals surface area contributed by atoms with E-state index in [4.69, 9.17) is 14.5 Å². The van der Waals surface area contributed by atoms with Crippen molar-refractivity contribution in [1.82, 2.24) is 14.5 Å². The van der Waals surface area contributed by atoms with Gasteiger partial charge in [0.1, 0.15) is 5.75 Å². The van der Waals surface area contributed by atoms with Crippen molar-refractivity contribution in [2.75, 3.05) is 31.8 Å². The average Bonchev–Trinajstić information content (AvgIpc) is 3.35. The van der Waals surface area contributed by atoms with Gasteiger partial charge in [0.05, 0.1) is 37.9 Å². The van der Waals surface area contributed by atoms with Crippen LogP contribution in [0.4, 0.5) is 11.6 Å². The quantitative estimate of drug-likeness (QED) is 0.576. The molecule has 0 radical (unpaired) electrons. The minimum absolute atomic E-state index is 0.0123. The van der Waals surface area contributed by atoms with E-state index in [1.54, 1.807) is 11.7 Å². The number of benzene rings is 2. The van der Waals surface area contributed by atoms with E-state index in [2.05, 4.69) is 9.80 Å². The van der Waals surface area contributed by atoms with Crippen LogP contribution < -0.4 is 15.2 Å². The molecule has 172 valence electrons. The SMILES string of the molecule is COc1ccccc1N1CN(C[C@@H]2CCCO2)Cn2c1nc(C)c(Cc1ccccc1)c2=O. The van der Waals surface area contributed by atoms with E-state index < -0.39 is 0 Å². The van der Waals surface area contributed by atoms with Gasteiger partial charge in [0.25, 0.3) is 5.56 Å². The Hall–Kier alpha value is -3.16. The van der Waals surface area contributed by atoms with Crippen molar-refractivity contribution in [2.45, 2.75) is 39.0 Å². The van der Waals surface area contributed by atoms with E-state index in [-0.39, 0.29) is 11.7 Å². The number of fused-ring (bicyclic) bond motifs is 1. The number of nitrogens with zero attached hydrogens (tertiary/aromatic N) is 4. The Morgan fingerprint density at radius 1 is 1.09 bits per heavy atom. The van der Waals surface area contributed by atoms with Crippen LogP contribution in [0.5, 0.6) is 5.75 Å². The second-order valence-electron chi connectivity index (χ2n) is 8.74. The van der Waals surface area contributed by atoms with Crippen molar-refractivity contribution in [3.8, 4) is 5.75 Å². The summed E-state index contributed by atoms with van der Waals surface area (Å²) in [5.41, 5.74) is 3.52. The number of methoxy groups -OCH3 is 1. The lowest BCUT2D eigenvalue weighted by molar-refractivity contribution is 0.0583. The van der Waals surface area contributed by atoms with Crippen LogP contribution >= 0.6 is 0 Å². The maximum Gasteiger partial charge on any atom is 0.259 e. The van der Waals surface area contributed by atoms with Gasteiger partial charge < -0.3 is 9.47 Å². The topological polar surface area (TPSA) is 59.8 Å². The lowest BCUT2D eigenvalue weighted by Gasteiger charge is -2.39. The van der Waals surface area contributed by atoms with Gasteiger partial charge in [0, 0.05) is 25.1 Å². The molecule has 1 fully saturated rings. The maximum atomic E-state index is 13.8. The maximum absolute atomic E-state index is 13.8. The van der Waals surface area contributed by atoms with Crippen LogP contribution in [0.3, 0.4) is 0 Å². The van der Waals surface area contributed by atoms with Gasteiger partial charge in [-0.05, 0) is 37.5 Å². The summed E-state index contributed by atoms with van der Waals surface area (Å²) in [6.45, 7) is 4.63. The predicted octanol–water partition coefficient (Wildman–Crippen LogP) is 3.70. The molecular weight excluding hydrogens is 416 g/mol. The van der Waals surface area contributed by atoms with Gasteiger partial charge in [-0.25, -0.2) is 4.98 Å². The number of ether oxygens (including phenoxy) is 2. The van der Waals surface area contributed by atoms with Gasteiger partial charge in [-0.1, -0.05) is 42.5 Å². The van der Waals surface area contributed by atoms with Crippen molar-refractivity contribution < 1.29 is 9.47 Å². The molecule has 0 saturated carbocycles. The molecule has 1 atom stereocenters.